The van der Waals surface area contributed by atoms with E-state index in [0.717, 1.165) is 16.5 Å². The van der Waals surface area contributed by atoms with Crippen LogP contribution in [0.5, 0.6) is 0 Å². The van der Waals surface area contributed by atoms with Crippen LogP contribution in [-0.2, 0) is 9.59 Å². The van der Waals surface area contributed by atoms with E-state index in [9.17, 15) is 14.7 Å². The van der Waals surface area contributed by atoms with Gasteiger partial charge in [0, 0.05) is 17.5 Å². The molecular weight excluding hydrogens is 256 g/mol. The fraction of sp³-hybridized carbons (Fsp3) is 0.200. The van der Waals surface area contributed by atoms with Crippen molar-refractivity contribution >= 4 is 28.3 Å². The van der Waals surface area contributed by atoms with Gasteiger partial charge in [0.15, 0.2) is 0 Å². The summed E-state index contributed by atoms with van der Waals surface area (Å²) in [6.45, 7) is 0. The lowest BCUT2D eigenvalue weighted by atomic mass is 10.1. The van der Waals surface area contributed by atoms with Gasteiger partial charge in [-0.15, -0.1) is 0 Å². The number of carbonyl (C=O) groups excluding carboxylic acids is 1. The molecular formula is C15H16N2O3. The van der Waals surface area contributed by atoms with Crippen LogP contribution in [0.25, 0.3) is 10.8 Å². The van der Waals surface area contributed by atoms with E-state index in [2.05, 4.69) is 5.32 Å². The molecule has 0 heterocycles. The van der Waals surface area contributed by atoms with Gasteiger partial charge < -0.3 is 16.2 Å². The largest absolute Gasteiger partial charge is 0.480 e. The molecule has 0 saturated carbocycles. The first-order chi connectivity index (χ1) is 9.58. The van der Waals surface area contributed by atoms with Gasteiger partial charge in [-0.05, 0) is 17.9 Å². The number of nitrogens with one attached hydrogen (secondary N) is 1. The van der Waals surface area contributed by atoms with Gasteiger partial charge in [0.25, 0.3) is 0 Å². The number of primary amides is 1. The average molecular weight is 272 g/mol. The Balaban J connectivity index is 2.24. The third-order valence-corrected chi connectivity index (χ3v) is 3.10. The van der Waals surface area contributed by atoms with Crippen LogP contribution >= 0.6 is 0 Å². The molecule has 0 spiro atoms. The Kier molecular flexibility index (Phi) is 4.20. The third-order valence-electron chi connectivity index (χ3n) is 3.10. The highest BCUT2D eigenvalue weighted by Crippen LogP contribution is 2.24. The van der Waals surface area contributed by atoms with Crippen LogP contribution in [0.1, 0.15) is 12.8 Å². The molecule has 0 saturated heterocycles. The molecule has 5 nitrogen and oxygen atoms in total. The first-order valence-corrected chi connectivity index (χ1v) is 6.33. The van der Waals surface area contributed by atoms with Crippen LogP contribution in [0.15, 0.2) is 42.5 Å². The molecule has 1 atom stereocenters. The molecule has 2 rings (SSSR count). The molecule has 0 aliphatic heterocycles. The Morgan fingerprint density at radius 2 is 1.85 bits per heavy atom. The normalized spacial score (nSPS) is 12.0. The van der Waals surface area contributed by atoms with Gasteiger partial charge in [0.1, 0.15) is 6.04 Å². The molecule has 0 radical (unpaired) electrons. The van der Waals surface area contributed by atoms with Crippen molar-refractivity contribution in [3.8, 4) is 0 Å². The second-order valence-electron chi connectivity index (χ2n) is 4.57. The number of aliphatic carboxylic acids is 1. The number of carboxylic acid groups (broad SMARTS) is 1. The molecule has 0 unspecified atom stereocenters. The Hall–Kier alpha value is -2.56. The smallest absolute Gasteiger partial charge is 0.326 e. The van der Waals surface area contributed by atoms with Crippen molar-refractivity contribution in [1.29, 1.82) is 0 Å². The fourth-order valence-corrected chi connectivity index (χ4v) is 2.08. The zero-order valence-corrected chi connectivity index (χ0v) is 10.9. The maximum Gasteiger partial charge on any atom is 0.326 e. The lowest BCUT2D eigenvalue weighted by molar-refractivity contribution is -0.138. The zero-order valence-electron chi connectivity index (χ0n) is 10.9. The topological polar surface area (TPSA) is 92.4 Å². The maximum absolute atomic E-state index is 11.2. The monoisotopic (exact) mass is 272 g/mol. The zero-order chi connectivity index (χ0) is 14.5. The van der Waals surface area contributed by atoms with Crippen molar-refractivity contribution in [1.82, 2.24) is 0 Å². The van der Waals surface area contributed by atoms with Gasteiger partial charge in [-0.1, -0.05) is 36.4 Å². The first kappa shape index (κ1) is 13.9. The highest BCUT2D eigenvalue weighted by Gasteiger charge is 2.18. The van der Waals surface area contributed by atoms with Gasteiger partial charge >= 0.3 is 5.97 Å². The quantitative estimate of drug-likeness (QED) is 0.749. The molecule has 1 amide bonds. The van der Waals surface area contributed by atoms with Gasteiger partial charge in [-0.3, -0.25) is 4.79 Å². The summed E-state index contributed by atoms with van der Waals surface area (Å²) >= 11 is 0. The predicted octanol–water partition coefficient (Wildman–Crippen LogP) is 1.97. The summed E-state index contributed by atoms with van der Waals surface area (Å²) in [7, 11) is 0. The van der Waals surface area contributed by atoms with Crippen LogP contribution in [0.4, 0.5) is 5.69 Å². The minimum Gasteiger partial charge on any atom is -0.480 e. The number of benzene rings is 2. The molecule has 0 aromatic heterocycles. The van der Waals surface area contributed by atoms with E-state index < -0.39 is 17.9 Å². The number of anilines is 1. The summed E-state index contributed by atoms with van der Waals surface area (Å²) in [4.78, 5) is 22.0. The number of carboxylic acids is 1. The molecule has 2 aromatic rings. The number of carbonyl (C=O) groups is 2. The molecule has 2 aromatic carbocycles. The molecule has 0 aliphatic carbocycles. The van der Waals surface area contributed by atoms with Gasteiger partial charge in [-0.25, -0.2) is 4.79 Å². The first-order valence-electron chi connectivity index (χ1n) is 6.33. The number of amides is 1. The Morgan fingerprint density at radius 1 is 1.15 bits per heavy atom. The molecule has 20 heavy (non-hydrogen) atoms. The predicted molar refractivity (Wildman–Crippen MR) is 77.4 cm³/mol. The highest BCUT2D eigenvalue weighted by molar-refractivity contribution is 5.95. The van der Waals surface area contributed by atoms with Crippen LogP contribution in [0.3, 0.4) is 0 Å². The Morgan fingerprint density at radius 3 is 2.55 bits per heavy atom. The number of hydrogen-bond donors (Lipinski definition) is 3. The number of rotatable bonds is 6. The molecule has 4 N–H and O–H groups in total. The molecule has 0 bridgehead atoms. The van der Waals surface area contributed by atoms with Gasteiger partial charge in [0.2, 0.25) is 5.91 Å². The third kappa shape index (κ3) is 3.26. The maximum atomic E-state index is 11.2. The van der Waals surface area contributed by atoms with Crippen LogP contribution < -0.4 is 11.1 Å². The summed E-state index contributed by atoms with van der Waals surface area (Å²) in [6, 6.07) is 12.5. The van der Waals surface area contributed by atoms with E-state index in [0.29, 0.717) is 0 Å². The van der Waals surface area contributed by atoms with Crippen LogP contribution in [0, 0.1) is 0 Å². The lowest BCUT2D eigenvalue weighted by Gasteiger charge is -2.16. The summed E-state index contributed by atoms with van der Waals surface area (Å²) in [5.74, 6) is -1.50. The van der Waals surface area contributed by atoms with Crippen molar-refractivity contribution in [2.45, 2.75) is 18.9 Å². The summed E-state index contributed by atoms with van der Waals surface area (Å²) in [5.41, 5.74) is 5.80. The Bertz CT molecular complexity index is 635. The van der Waals surface area contributed by atoms with Crippen molar-refractivity contribution in [2.75, 3.05) is 5.32 Å². The van der Waals surface area contributed by atoms with Crippen molar-refractivity contribution < 1.29 is 14.7 Å². The number of nitrogens with two attached hydrogens (primary N) is 1. The highest BCUT2D eigenvalue weighted by atomic mass is 16.4. The minimum atomic E-state index is -1.00. The molecule has 0 aliphatic rings. The summed E-state index contributed by atoms with van der Waals surface area (Å²) < 4.78 is 0. The van der Waals surface area contributed by atoms with Crippen molar-refractivity contribution in [3.63, 3.8) is 0 Å². The van der Waals surface area contributed by atoms with Gasteiger partial charge in [0.05, 0.1) is 0 Å². The van der Waals surface area contributed by atoms with E-state index in [-0.39, 0.29) is 12.8 Å². The van der Waals surface area contributed by atoms with Crippen molar-refractivity contribution in [2.24, 2.45) is 5.73 Å². The second kappa shape index (κ2) is 6.06. The number of hydrogen-bond acceptors (Lipinski definition) is 3. The van der Waals surface area contributed by atoms with E-state index in [1.807, 2.05) is 42.5 Å². The molecule has 0 fully saturated rings. The van der Waals surface area contributed by atoms with Crippen LogP contribution in [-0.4, -0.2) is 23.0 Å². The molecule has 104 valence electrons. The standard InChI is InChI=1S/C15H16N2O3/c16-14(18)9-8-13(15(19)20)17-12-7-3-5-10-4-1-2-6-11(10)12/h1-7,13,17H,8-9H2,(H2,16,18)(H,19,20)/t13-/m0/s1. The fourth-order valence-electron chi connectivity index (χ4n) is 2.08. The van der Waals surface area contributed by atoms with E-state index in [4.69, 9.17) is 5.73 Å². The van der Waals surface area contributed by atoms with E-state index in [1.165, 1.54) is 0 Å². The SMILES string of the molecule is NC(=O)CC[C@H](Nc1cccc2ccccc12)C(=O)O. The van der Waals surface area contributed by atoms with E-state index in [1.54, 1.807) is 0 Å². The lowest BCUT2D eigenvalue weighted by Crippen LogP contribution is -2.30. The average Bonchev–Trinajstić information content (AvgIpc) is 2.43. The van der Waals surface area contributed by atoms with E-state index >= 15 is 0 Å². The van der Waals surface area contributed by atoms with Gasteiger partial charge in [-0.2, -0.15) is 0 Å². The Labute approximate surface area is 116 Å². The summed E-state index contributed by atoms with van der Waals surface area (Å²) in [5, 5.41) is 14.1. The number of fused-ring (bicyclic) bond motifs is 1. The summed E-state index contributed by atoms with van der Waals surface area (Å²) in [6.07, 6.45) is 0.197. The molecule has 5 heteroatoms. The minimum absolute atomic E-state index is 0.0364. The second-order valence-corrected chi connectivity index (χ2v) is 4.57. The van der Waals surface area contributed by atoms with Crippen LogP contribution in [0.2, 0.25) is 0 Å². The van der Waals surface area contributed by atoms with Crippen molar-refractivity contribution in [3.05, 3.63) is 42.5 Å².